The molecule has 0 aliphatic heterocycles. The molecule has 3 nitrogen and oxygen atoms in total. The van der Waals surface area contributed by atoms with E-state index in [4.69, 9.17) is 23.2 Å². The van der Waals surface area contributed by atoms with E-state index in [0.29, 0.717) is 5.56 Å². The highest BCUT2D eigenvalue weighted by Gasteiger charge is 2.26. The van der Waals surface area contributed by atoms with Crippen LogP contribution >= 0.6 is 23.2 Å². The maximum absolute atomic E-state index is 11.8. The number of nitrogens with one attached hydrogen (secondary N) is 1. The van der Waals surface area contributed by atoms with Crippen molar-refractivity contribution in [2.75, 3.05) is 0 Å². The summed E-state index contributed by atoms with van der Waals surface area (Å²) in [6.45, 7) is 0. The molecule has 0 saturated carbocycles. The molecular formula is C16H15Cl2NO2. The lowest BCUT2D eigenvalue weighted by atomic mass is 9.96. The summed E-state index contributed by atoms with van der Waals surface area (Å²) >= 11 is 11.2. The Morgan fingerprint density at radius 1 is 0.905 bits per heavy atom. The number of amides is 1. The largest absolute Gasteiger partial charge is 0.386 e. The molecule has 2 rings (SSSR count). The quantitative estimate of drug-likeness (QED) is 0.829. The molecule has 1 amide bonds. The number of carbonyl (C=O) groups excluding carboxylic acids is 1. The van der Waals surface area contributed by atoms with Crippen LogP contribution in [0.5, 0.6) is 0 Å². The molecule has 0 saturated heterocycles. The summed E-state index contributed by atoms with van der Waals surface area (Å²) in [6.07, 6.45) is -0.898. The molecular weight excluding hydrogens is 309 g/mol. The number of carbonyl (C=O) groups is 1. The fraction of sp³-hybridized carbons (Fsp3) is 0.188. The minimum Gasteiger partial charge on any atom is -0.386 e. The summed E-state index contributed by atoms with van der Waals surface area (Å²) in [5, 5.41) is 13.2. The average Bonchev–Trinajstić information content (AvgIpc) is 2.53. The van der Waals surface area contributed by atoms with E-state index in [1.807, 2.05) is 48.5 Å². The maximum Gasteiger partial charge on any atom is 0.253 e. The van der Waals surface area contributed by atoms with Crippen molar-refractivity contribution in [1.82, 2.24) is 5.32 Å². The second-order valence-corrected chi connectivity index (χ2v) is 5.65. The second kappa shape index (κ2) is 7.46. The van der Waals surface area contributed by atoms with Crippen molar-refractivity contribution in [2.24, 2.45) is 0 Å². The van der Waals surface area contributed by atoms with Crippen molar-refractivity contribution in [3.63, 3.8) is 0 Å². The normalized spacial score (nSPS) is 13.7. The summed E-state index contributed by atoms with van der Waals surface area (Å²) in [7, 11) is 0. The minimum absolute atomic E-state index is 0.540. The lowest BCUT2D eigenvalue weighted by Crippen LogP contribution is -2.35. The lowest BCUT2D eigenvalue weighted by Gasteiger charge is -2.25. The summed E-state index contributed by atoms with van der Waals surface area (Å²) in [5.41, 5.74) is 1.48. The van der Waals surface area contributed by atoms with Crippen molar-refractivity contribution in [3.05, 3.63) is 71.8 Å². The van der Waals surface area contributed by atoms with Crippen LogP contribution in [0.25, 0.3) is 0 Å². The number of alkyl halides is 2. The molecule has 0 aliphatic rings. The molecule has 0 heterocycles. The number of aliphatic hydroxyl groups excluding tert-OH is 1. The van der Waals surface area contributed by atoms with Crippen LogP contribution in [0.2, 0.25) is 0 Å². The van der Waals surface area contributed by atoms with E-state index in [-0.39, 0.29) is 0 Å². The molecule has 0 fully saturated rings. The predicted molar refractivity (Wildman–Crippen MR) is 84.2 cm³/mol. The Hall–Kier alpha value is -1.55. The fourth-order valence-electron chi connectivity index (χ4n) is 2.06. The molecule has 21 heavy (non-hydrogen) atoms. The monoisotopic (exact) mass is 323 g/mol. The maximum atomic E-state index is 11.8. The van der Waals surface area contributed by atoms with Crippen molar-refractivity contribution in [1.29, 1.82) is 0 Å². The van der Waals surface area contributed by atoms with Gasteiger partial charge in [-0.15, -0.1) is 0 Å². The van der Waals surface area contributed by atoms with E-state index in [9.17, 15) is 9.90 Å². The third kappa shape index (κ3) is 4.21. The van der Waals surface area contributed by atoms with Crippen molar-refractivity contribution >= 4 is 29.1 Å². The highest BCUT2D eigenvalue weighted by molar-refractivity contribution is 6.53. The SMILES string of the molecule is O=C(N[C@@H](c1ccccc1)[C@@H](O)c1ccccc1)C(Cl)Cl. The van der Waals surface area contributed by atoms with Gasteiger partial charge in [0.2, 0.25) is 0 Å². The molecule has 2 atom stereocenters. The predicted octanol–water partition coefficient (Wildman–Crippen LogP) is 3.38. The Labute approximate surface area is 133 Å². The number of hydrogen-bond acceptors (Lipinski definition) is 2. The number of hydrogen-bond donors (Lipinski definition) is 2. The summed E-state index contributed by atoms with van der Waals surface area (Å²) in [4.78, 5) is 10.6. The zero-order chi connectivity index (χ0) is 15.2. The van der Waals surface area contributed by atoms with Gasteiger partial charge in [-0.25, -0.2) is 0 Å². The number of benzene rings is 2. The van der Waals surface area contributed by atoms with Crippen LogP contribution in [0.4, 0.5) is 0 Å². The van der Waals surface area contributed by atoms with Crippen molar-refractivity contribution in [3.8, 4) is 0 Å². The van der Waals surface area contributed by atoms with Gasteiger partial charge in [-0.2, -0.15) is 0 Å². The Morgan fingerprint density at radius 3 is 1.86 bits per heavy atom. The van der Waals surface area contributed by atoms with Crippen LogP contribution in [0.3, 0.4) is 0 Å². The zero-order valence-corrected chi connectivity index (χ0v) is 12.6. The Bertz CT molecular complexity index is 575. The van der Waals surface area contributed by atoms with Gasteiger partial charge in [0.1, 0.15) is 6.10 Å². The van der Waals surface area contributed by atoms with Gasteiger partial charge in [0.15, 0.2) is 4.84 Å². The van der Waals surface area contributed by atoms with Crippen LogP contribution < -0.4 is 5.32 Å². The van der Waals surface area contributed by atoms with Gasteiger partial charge >= 0.3 is 0 Å². The third-order valence-electron chi connectivity index (χ3n) is 3.11. The first-order chi connectivity index (χ1) is 10.1. The fourth-order valence-corrected chi connectivity index (χ4v) is 2.19. The number of halogens is 2. The van der Waals surface area contributed by atoms with E-state index in [0.717, 1.165) is 5.56 Å². The van der Waals surface area contributed by atoms with Crippen LogP contribution in [-0.2, 0) is 4.79 Å². The molecule has 0 aromatic heterocycles. The molecule has 0 bridgehead atoms. The topological polar surface area (TPSA) is 49.3 Å². The van der Waals surface area contributed by atoms with E-state index >= 15 is 0 Å². The lowest BCUT2D eigenvalue weighted by molar-refractivity contribution is -0.121. The van der Waals surface area contributed by atoms with E-state index in [2.05, 4.69) is 5.32 Å². The average molecular weight is 324 g/mol. The van der Waals surface area contributed by atoms with Gasteiger partial charge in [-0.3, -0.25) is 4.79 Å². The molecule has 0 aliphatic carbocycles. The van der Waals surface area contributed by atoms with Crippen molar-refractivity contribution < 1.29 is 9.90 Å². The molecule has 0 unspecified atom stereocenters. The smallest absolute Gasteiger partial charge is 0.253 e. The second-order valence-electron chi connectivity index (χ2n) is 4.55. The van der Waals surface area contributed by atoms with E-state index < -0.39 is 22.9 Å². The first-order valence-electron chi connectivity index (χ1n) is 6.46. The number of aliphatic hydroxyl groups is 1. The van der Waals surface area contributed by atoms with E-state index in [1.165, 1.54) is 0 Å². The van der Waals surface area contributed by atoms with Crippen LogP contribution in [-0.4, -0.2) is 15.8 Å². The van der Waals surface area contributed by atoms with E-state index in [1.54, 1.807) is 12.1 Å². The van der Waals surface area contributed by atoms with Gasteiger partial charge < -0.3 is 10.4 Å². The summed E-state index contributed by atoms with van der Waals surface area (Å²) in [5.74, 6) is -0.540. The minimum atomic E-state index is -1.18. The van der Waals surface area contributed by atoms with Crippen LogP contribution in [0, 0.1) is 0 Å². The van der Waals surface area contributed by atoms with Gasteiger partial charge in [0.25, 0.3) is 5.91 Å². The third-order valence-corrected chi connectivity index (χ3v) is 3.51. The summed E-state index contributed by atoms with van der Waals surface area (Å²) in [6, 6.07) is 17.7. The molecule has 2 N–H and O–H groups in total. The van der Waals surface area contributed by atoms with Crippen LogP contribution in [0.1, 0.15) is 23.3 Å². The molecule has 2 aromatic carbocycles. The Balaban J connectivity index is 2.30. The molecule has 5 heteroatoms. The Morgan fingerprint density at radius 2 is 1.38 bits per heavy atom. The highest BCUT2D eigenvalue weighted by atomic mass is 35.5. The first-order valence-corrected chi connectivity index (χ1v) is 7.33. The molecule has 110 valence electrons. The molecule has 0 spiro atoms. The zero-order valence-electron chi connectivity index (χ0n) is 11.1. The standard InChI is InChI=1S/C16H15Cl2NO2/c17-15(18)16(21)19-13(11-7-3-1-4-8-11)14(20)12-9-5-2-6-10-12/h1-10,13-15,20H,(H,19,21)/t13-,14-/m0/s1. The van der Waals surface area contributed by atoms with Crippen LogP contribution in [0.15, 0.2) is 60.7 Å². The highest BCUT2D eigenvalue weighted by Crippen LogP contribution is 2.29. The van der Waals surface area contributed by atoms with Gasteiger partial charge in [-0.1, -0.05) is 83.9 Å². The van der Waals surface area contributed by atoms with Crippen molar-refractivity contribution in [2.45, 2.75) is 17.0 Å². The molecule has 2 aromatic rings. The van der Waals surface area contributed by atoms with Gasteiger partial charge in [0.05, 0.1) is 6.04 Å². The first kappa shape index (κ1) is 15.8. The van der Waals surface area contributed by atoms with Gasteiger partial charge in [0, 0.05) is 0 Å². The summed E-state index contributed by atoms with van der Waals surface area (Å²) < 4.78 is 0. The van der Waals surface area contributed by atoms with Gasteiger partial charge in [-0.05, 0) is 11.1 Å². The number of rotatable bonds is 5. The molecule has 0 radical (unpaired) electrons. The Kier molecular flexibility index (Phi) is 5.62.